The molecule has 0 bridgehead atoms. The summed E-state index contributed by atoms with van der Waals surface area (Å²) in [7, 11) is 0. The van der Waals surface area contributed by atoms with E-state index in [4.69, 9.17) is 15.6 Å². The van der Waals surface area contributed by atoms with Crippen LogP contribution in [0.25, 0.3) is 0 Å². The van der Waals surface area contributed by atoms with E-state index >= 15 is 0 Å². The Balaban J connectivity index is 0.000000452. The fraction of sp³-hybridized carbons (Fsp3) is 0.583. The number of hydrogen-bond donors (Lipinski definition) is 4. The number of carboxylic acid groups (broad SMARTS) is 1. The van der Waals surface area contributed by atoms with Crippen LogP contribution in [-0.2, 0) is 11.2 Å². The molecule has 3 heterocycles. The average molecular weight is 281 g/mol. The van der Waals surface area contributed by atoms with Crippen LogP contribution >= 0.6 is 0 Å². The Kier molecular flexibility index (Phi) is 4.57. The Labute approximate surface area is 116 Å². The highest BCUT2D eigenvalue weighted by molar-refractivity contribution is 5.63. The number of carbonyl (C=O) groups is 1. The Hall–Kier alpha value is -2.09. The molecule has 3 rings (SSSR count). The van der Waals surface area contributed by atoms with Crippen molar-refractivity contribution >= 4 is 24.1 Å². The lowest BCUT2D eigenvalue weighted by molar-refractivity contribution is -0.122. The van der Waals surface area contributed by atoms with Crippen molar-refractivity contribution in [1.82, 2.24) is 9.97 Å². The predicted molar refractivity (Wildman–Crippen MR) is 74.8 cm³/mol. The molecule has 0 saturated carbocycles. The number of nitrogens with two attached hydrogens (primary N) is 1. The zero-order chi connectivity index (χ0) is 14.5. The fourth-order valence-corrected chi connectivity index (χ4v) is 2.53. The largest absolute Gasteiger partial charge is 0.483 e. The highest BCUT2D eigenvalue weighted by Crippen LogP contribution is 2.31. The van der Waals surface area contributed by atoms with Gasteiger partial charge in [-0.15, -0.1) is 0 Å². The molecule has 2 aliphatic heterocycles. The first-order valence-electron chi connectivity index (χ1n) is 6.56. The second-order valence-electron chi connectivity index (χ2n) is 4.76. The number of aliphatic hydroxyl groups excluding tert-OH is 1. The quantitative estimate of drug-likeness (QED) is 0.517. The van der Waals surface area contributed by atoms with Crippen LogP contribution in [0, 0.1) is 0 Å². The standard InChI is InChI=1S/C11H17N5O.CH2O2/c12-11-14-9-8(2-1-4-13-9)10(15-11)16-5-3-7(17)6-16;2-1-3/h7,17H,1-6H2,(H3,12,13,14,15);1H,(H,2,3)/t7-;/m0./s1. The van der Waals surface area contributed by atoms with Gasteiger partial charge in [-0.25, -0.2) is 0 Å². The molecule has 1 aromatic heterocycles. The lowest BCUT2D eigenvalue weighted by Crippen LogP contribution is -2.26. The van der Waals surface area contributed by atoms with Crippen molar-refractivity contribution in [3.05, 3.63) is 5.56 Å². The molecule has 5 N–H and O–H groups in total. The lowest BCUT2D eigenvalue weighted by Gasteiger charge is -2.25. The first-order valence-corrected chi connectivity index (χ1v) is 6.56. The second-order valence-corrected chi connectivity index (χ2v) is 4.76. The third-order valence-electron chi connectivity index (χ3n) is 3.36. The van der Waals surface area contributed by atoms with Gasteiger partial charge in [-0.3, -0.25) is 4.79 Å². The molecule has 0 aliphatic carbocycles. The van der Waals surface area contributed by atoms with Gasteiger partial charge in [0, 0.05) is 25.2 Å². The van der Waals surface area contributed by atoms with Crippen molar-refractivity contribution in [3.8, 4) is 0 Å². The van der Waals surface area contributed by atoms with Crippen LogP contribution < -0.4 is 16.0 Å². The number of nitrogen functional groups attached to an aromatic ring is 1. The van der Waals surface area contributed by atoms with Crippen LogP contribution in [0.1, 0.15) is 18.4 Å². The van der Waals surface area contributed by atoms with Gasteiger partial charge in [-0.05, 0) is 19.3 Å². The number of rotatable bonds is 1. The number of nitrogens with zero attached hydrogens (tertiary/aromatic N) is 3. The van der Waals surface area contributed by atoms with Crippen molar-refractivity contribution in [3.63, 3.8) is 0 Å². The van der Waals surface area contributed by atoms with E-state index in [0.717, 1.165) is 49.6 Å². The molecule has 2 aliphatic rings. The molecule has 1 aromatic rings. The molecule has 1 fully saturated rings. The minimum absolute atomic E-state index is 0.250. The van der Waals surface area contributed by atoms with E-state index in [1.54, 1.807) is 0 Å². The van der Waals surface area contributed by atoms with Crippen LogP contribution in [0.3, 0.4) is 0 Å². The van der Waals surface area contributed by atoms with E-state index in [1.165, 1.54) is 0 Å². The Morgan fingerprint density at radius 3 is 2.85 bits per heavy atom. The van der Waals surface area contributed by atoms with E-state index in [2.05, 4.69) is 20.2 Å². The first kappa shape index (κ1) is 14.3. The van der Waals surface area contributed by atoms with E-state index in [1.807, 2.05) is 0 Å². The molecular weight excluding hydrogens is 262 g/mol. The molecule has 0 aromatic carbocycles. The van der Waals surface area contributed by atoms with Crippen LogP contribution in [0.15, 0.2) is 0 Å². The maximum absolute atomic E-state index is 9.60. The van der Waals surface area contributed by atoms with Gasteiger partial charge >= 0.3 is 0 Å². The van der Waals surface area contributed by atoms with E-state index in [0.29, 0.717) is 12.5 Å². The molecule has 20 heavy (non-hydrogen) atoms. The zero-order valence-electron chi connectivity index (χ0n) is 11.1. The summed E-state index contributed by atoms with van der Waals surface area (Å²) in [5, 5.41) is 19.7. The molecule has 8 nitrogen and oxygen atoms in total. The molecule has 110 valence electrons. The van der Waals surface area contributed by atoms with Gasteiger partial charge < -0.3 is 26.2 Å². The minimum atomic E-state index is -0.251. The third-order valence-corrected chi connectivity index (χ3v) is 3.36. The van der Waals surface area contributed by atoms with Gasteiger partial charge in [0.05, 0.1) is 6.10 Å². The summed E-state index contributed by atoms with van der Waals surface area (Å²) in [6.07, 6.45) is 2.61. The summed E-state index contributed by atoms with van der Waals surface area (Å²) in [6, 6.07) is 0. The SMILES string of the molecule is Nc1nc2c(c(N3CC[C@H](O)C3)n1)CCCN2.O=CO. The third kappa shape index (κ3) is 3.08. The molecule has 0 radical (unpaired) electrons. The molecule has 0 amide bonds. The topological polar surface area (TPSA) is 125 Å². The minimum Gasteiger partial charge on any atom is -0.483 e. The maximum atomic E-state index is 9.60. The smallest absolute Gasteiger partial charge is 0.290 e. The number of fused-ring (bicyclic) bond motifs is 1. The van der Waals surface area contributed by atoms with Crippen molar-refractivity contribution in [1.29, 1.82) is 0 Å². The number of nitrogens with one attached hydrogen (secondary N) is 1. The zero-order valence-corrected chi connectivity index (χ0v) is 11.1. The molecule has 0 spiro atoms. The number of aromatic nitrogens is 2. The fourth-order valence-electron chi connectivity index (χ4n) is 2.53. The predicted octanol–water partition coefficient (Wildman–Crippen LogP) is -0.311. The summed E-state index contributed by atoms with van der Waals surface area (Å²) >= 11 is 0. The highest BCUT2D eigenvalue weighted by Gasteiger charge is 2.26. The van der Waals surface area contributed by atoms with E-state index in [9.17, 15) is 5.11 Å². The number of β-amino-alcohol motifs (C(OH)–C–C–N with tert-alkyl or cyclic N) is 1. The summed E-state index contributed by atoms with van der Waals surface area (Å²) in [6.45, 7) is 2.17. The Morgan fingerprint density at radius 2 is 2.20 bits per heavy atom. The van der Waals surface area contributed by atoms with Gasteiger partial charge in [0.25, 0.3) is 6.47 Å². The summed E-state index contributed by atoms with van der Waals surface area (Å²) in [4.78, 5) is 19.0. The number of anilines is 3. The monoisotopic (exact) mass is 281 g/mol. The molecule has 1 saturated heterocycles. The van der Waals surface area contributed by atoms with Crippen LogP contribution in [0.2, 0.25) is 0 Å². The normalized spacial score (nSPS) is 20.4. The van der Waals surface area contributed by atoms with E-state index in [-0.39, 0.29) is 12.6 Å². The highest BCUT2D eigenvalue weighted by atomic mass is 16.3. The number of aliphatic hydroxyl groups is 1. The van der Waals surface area contributed by atoms with Gasteiger partial charge in [0.2, 0.25) is 5.95 Å². The average Bonchev–Trinajstić information content (AvgIpc) is 2.85. The summed E-state index contributed by atoms with van der Waals surface area (Å²) in [5.74, 6) is 2.06. The second kappa shape index (κ2) is 6.38. The van der Waals surface area contributed by atoms with Crippen LogP contribution in [0.4, 0.5) is 17.6 Å². The molecule has 1 atom stereocenters. The maximum Gasteiger partial charge on any atom is 0.290 e. The van der Waals surface area contributed by atoms with Crippen molar-refractivity contribution < 1.29 is 15.0 Å². The Bertz CT molecular complexity index is 482. The summed E-state index contributed by atoms with van der Waals surface area (Å²) in [5.41, 5.74) is 6.87. The lowest BCUT2D eigenvalue weighted by atomic mass is 10.1. The molecule has 0 unspecified atom stereocenters. The summed E-state index contributed by atoms with van der Waals surface area (Å²) < 4.78 is 0. The number of hydrogen-bond acceptors (Lipinski definition) is 7. The van der Waals surface area contributed by atoms with Crippen molar-refractivity contribution in [2.45, 2.75) is 25.4 Å². The van der Waals surface area contributed by atoms with Crippen LogP contribution in [-0.4, -0.2) is 52.4 Å². The van der Waals surface area contributed by atoms with Crippen molar-refractivity contribution in [2.75, 3.05) is 35.6 Å². The first-order chi connectivity index (χ1) is 9.65. The molecule has 8 heteroatoms. The van der Waals surface area contributed by atoms with Crippen LogP contribution in [0.5, 0.6) is 0 Å². The van der Waals surface area contributed by atoms with Gasteiger partial charge in [0.15, 0.2) is 0 Å². The van der Waals surface area contributed by atoms with E-state index < -0.39 is 0 Å². The van der Waals surface area contributed by atoms with Gasteiger partial charge in [-0.2, -0.15) is 9.97 Å². The Morgan fingerprint density at radius 1 is 1.45 bits per heavy atom. The van der Waals surface area contributed by atoms with Crippen molar-refractivity contribution in [2.24, 2.45) is 0 Å². The van der Waals surface area contributed by atoms with Gasteiger partial charge in [-0.1, -0.05) is 0 Å². The van der Waals surface area contributed by atoms with Gasteiger partial charge in [0.1, 0.15) is 11.6 Å². The molecular formula is C12H19N5O3.